The summed E-state index contributed by atoms with van der Waals surface area (Å²) >= 11 is 4.54. The minimum atomic E-state index is -0.698. The van der Waals surface area contributed by atoms with Crippen molar-refractivity contribution in [1.82, 2.24) is 0 Å². The normalized spacial score (nSPS) is 10.6. The maximum Gasteiger partial charge on any atom is 0.196 e. The van der Waals surface area contributed by atoms with Crippen LogP contribution in [-0.2, 0) is 0 Å². The van der Waals surface area contributed by atoms with E-state index in [0.29, 0.717) is 5.56 Å². The van der Waals surface area contributed by atoms with Crippen LogP contribution in [0.4, 0.5) is 8.78 Å². The number of hydrogen-bond acceptors (Lipinski definition) is 2. The fourth-order valence-electron chi connectivity index (χ4n) is 1.40. The van der Waals surface area contributed by atoms with Crippen molar-refractivity contribution in [3.05, 3.63) is 55.7 Å². The van der Waals surface area contributed by atoms with E-state index in [1.807, 2.05) is 0 Å². The Bertz CT molecular complexity index is 592. The zero-order chi connectivity index (χ0) is 12.6. The third-order valence-electron chi connectivity index (χ3n) is 2.32. The molecule has 0 aliphatic carbocycles. The summed E-state index contributed by atoms with van der Waals surface area (Å²) < 4.78 is 27.7. The predicted molar refractivity (Wildman–Crippen MR) is 66.5 cm³/mol. The zero-order valence-corrected chi connectivity index (χ0v) is 11.2. The number of hydrogen-bond donors (Lipinski definition) is 0. The lowest BCUT2D eigenvalue weighted by Gasteiger charge is -2.03. The van der Waals surface area contributed by atoms with Crippen molar-refractivity contribution in [3.8, 4) is 0 Å². The number of carbonyl (C=O) groups excluding carboxylic acids is 1. The van der Waals surface area contributed by atoms with Gasteiger partial charge in [-0.3, -0.25) is 4.79 Å². The molecule has 0 unspecified atom stereocenters. The van der Waals surface area contributed by atoms with Gasteiger partial charge in [-0.1, -0.05) is 0 Å². The lowest BCUT2D eigenvalue weighted by molar-refractivity contribution is 0.103. The first-order chi connectivity index (χ1) is 7.99. The van der Waals surface area contributed by atoms with Crippen LogP contribution in [0, 0.1) is 18.6 Å². The SMILES string of the molecule is Cc1cc(F)c(C(=O)c2csc(Br)c2)cc1F. The van der Waals surface area contributed by atoms with Crippen LogP contribution in [0.2, 0.25) is 0 Å². The van der Waals surface area contributed by atoms with E-state index in [4.69, 9.17) is 0 Å². The van der Waals surface area contributed by atoms with Gasteiger partial charge < -0.3 is 0 Å². The Hall–Kier alpha value is -1.07. The van der Waals surface area contributed by atoms with E-state index in [0.717, 1.165) is 15.9 Å². The van der Waals surface area contributed by atoms with Crippen LogP contribution in [0.5, 0.6) is 0 Å². The van der Waals surface area contributed by atoms with Crippen molar-refractivity contribution < 1.29 is 13.6 Å². The van der Waals surface area contributed by atoms with Gasteiger partial charge in [-0.25, -0.2) is 8.78 Å². The molecule has 1 aromatic heterocycles. The lowest BCUT2D eigenvalue weighted by Crippen LogP contribution is -2.04. The van der Waals surface area contributed by atoms with Crippen molar-refractivity contribution in [3.63, 3.8) is 0 Å². The van der Waals surface area contributed by atoms with Crippen molar-refractivity contribution in [2.75, 3.05) is 0 Å². The summed E-state index contributed by atoms with van der Waals surface area (Å²) in [5, 5.41) is 1.60. The van der Waals surface area contributed by atoms with Gasteiger partial charge in [0.1, 0.15) is 11.6 Å². The number of aryl methyl sites for hydroxylation is 1. The quantitative estimate of drug-likeness (QED) is 0.754. The summed E-state index contributed by atoms with van der Waals surface area (Å²) in [6.45, 7) is 1.45. The third kappa shape index (κ3) is 2.45. The summed E-state index contributed by atoms with van der Waals surface area (Å²) in [5.74, 6) is -1.79. The molecule has 1 nitrogen and oxygen atoms in total. The fraction of sp³-hybridized carbons (Fsp3) is 0.0833. The van der Waals surface area contributed by atoms with Gasteiger partial charge in [-0.15, -0.1) is 11.3 Å². The molecular formula is C12H7BrF2OS. The van der Waals surface area contributed by atoms with Crippen LogP contribution >= 0.6 is 27.3 Å². The molecule has 0 radical (unpaired) electrons. The first kappa shape index (κ1) is 12.4. The Morgan fingerprint density at radius 2 is 1.94 bits per heavy atom. The summed E-state index contributed by atoms with van der Waals surface area (Å²) in [6.07, 6.45) is 0. The van der Waals surface area contributed by atoms with Crippen LogP contribution in [0.25, 0.3) is 0 Å². The first-order valence-electron chi connectivity index (χ1n) is 4.73. The van der Waals surface area contributed by atoms with Gasteiger partial charge in [-0.2, -0.15) is 0 Å². The molecule has 0 amide bonds. The average Bonchev–Trinajstić information content (AvgIpc) is 2.69. The van der Waals surface area contributed by atoms with E-state index in [2.05, 4.69) is 15.9 Å². The highest BCUT2D eigenvalue weighted by atomic mass is 79.9. The Morgan fingerprint density at radius 3 is 2.53 bits per heavy atom. The number of benzene rings is 1. The molecule has 0 aliphatic rings. The molecule has 17 heavy (non-hydrogen) atoms. The fourth-order valence-corrected chi connectivity index (χ4v) is 2.54. The first-order valence-corrected chi connectivity index (χ1v) is 6.40. The van der Waals surface area contributed by atoms with Gasteiger partial charge in [0.25, 0.3) is 0 Å². The average molecular weight is 317 g/mol. The van der Waals surface area contributed by atoms with E-state index in [9.17, 15) is 13.6 Å². The molecule has 0 fully saturated rings. The molecule has 1 aromatic carbocycles. The Kier molecular flexibility index (Phi) is 3.40. The number of carbonyl (C=O) groups is 1. The molecule has 0 aliphatic heterocycles. The van der Waals surface area contributed by atoms with Crippen LogP contribution in [-0.4, -0.2) is 5.78 Å². The molecule has 2 rings (SSSR count). The Labute approximate surface area is 109 Å². The largest absolute Gasteiger partial charge is 0.288 e. The summed E-state index contributed by atoms with van der Waals surface area (Å²) in [7, 11) is 0. The predicted octanol–water partition coefficient (Wildman–Crippen LogP) is 4.33. The molecule has 2 aromatic rings. The lowest BCUT2D eigenvalue weighted by atomic mass is 10.0. The summed E-state index contributed by atoms with van der Waals surface area (Å²) in [5.41, 5.74) is 0.299. The van der Waals surface area contributed by atoms with E-state index in [1.54, 1.807) is 11.4 Å². The Morgan fingerprint density at radius 1 is 1.24 bits per heavy atom. The van der Waals surface area contributed by atoms with Crippen molar-refractivity contribution in [2.24, 2.45) is 0 Å². The smallest absolute Gasteiger partial charge is 0.196 e. The van der Waals surface area contributed by atoms with Gasteiger partial charge in [0, 0.05) is 10.9 Å². The summed E-state index contributed by atoms with van der Waals surface area (Å²) in [6, 6.07) is 3.56. The van der Waals surface area contributed by atoms with Gasteiger partial charge in [0.2, 0.25) is 0 Å². The molecule has 0 saturated heterocycles. The molecule has 0 N–H and O–H groups in total. The van der Waals surface area contributed by atoms with E-state index < -0.39 is 17.4 Å². The number of thiophene rings is 1. The molecular weight excluding hydrogens is 310 g/mol. The van der Waals surface area contributed by atoms with Crippen LogP contribution < -0.4 is 0 Å². The maximum absolute atomic E-state index is 13.6. The number of ketones is 1. The van der Waals surface area contributed by atoms with Crippen LogP contribution in [0.3, 0.4) is 0 Å². The van der Waals surface area contributed by atoms with Crippen LogP contribution in [0.1, 0.15) is 21.5 Å². The van der Waals surface area contributed by atoms with Gasteiger partial charge >= 0.3 is 0 Å². The molecule has 5 heteroatoms. The highest BCUT2D eigenvalue weighted by Gasteiger charge is 2.17. The van der Waals surface area contributed by atoms with E-state index >= 15 is 0 Å². The second-order valence-corrected chi connectivity index (χ2v) is 5.84. The van der Waals surface area contributed by atoms with Gasteiger partial charge in [-0.05, 0) is 46.6 Å². The summed E-state index contributed by atoms with van der Waals surface area (Å²) in [4.78, 5) is 11.9. The standard InChI is InChI=1S/C12H7BrF2OS/c1-6-2-10(15)8(4-9(6)14)12(16)7-3-11(13)17-5-7/h2-5H,1H3. The van der Waals surface area contributed by atoms with Crippen molar-refractivity contribution in [2.45, 2.75) is 6.92 Å². The molecule has 0 spiro atoms. The Balaban J connectivity index is 2.47. The minimum absolute atomic E-state index is 0.186. The van der Waals surface area contributed by atoms with Crippen molar-refractivity contribution >= 4 is 33.0 Å². The number of rotatable bonds is 2. The molecule has 0 bridgehead atoms. The third-order valence-corrected chi connectivity index (χ3v) is 3.83. The van der Waals surface area contributed by atoms with Crippen molar-refractivity contribution in [1.29, 1.82) is 0 Å². The molecule has 0 saturated carbocycles. The molecule has 0 atom stereocenters. The molecule has 1 heterocycles. The van der Waals surface area contributed by atoms with Gasteiger partial charge in [0.05, 0.1) is 9.35 Å². The monoisotopic (exact) mass is 316 g/mol. The second kappa shape index (κ2) is 4.66. The minimum Gasteiger partial charge on any atom is -0.288 e. The maximum atomic E-state index is 13.6. The highest BCUT2D eigenvalue weighted by molar-refractivity contribution is 9.11. The van der Waals surface area contributed by atoms with E-state index in [-0.39, 0.29) is 11.1 Å². The number of halogens is 3. The van der Waals surface area contributed by atoms with Crippen LogP contribution in [0.15, 0.2) is 27.4 Å². The van der Waals surface area contributed by atoms with Gasteiger partial charge in [0.15, 0.2) is 5.78 Å². The molecule has 88 valence electrons. The van der Waals surface area contributed by atoms with E-state index in [1.165, 1.54) is 18.3 Å². The highest BCUT2D eigenvalue weighted by Crippen LogP contribution is 2.24. The topological polar surface area (TPSA) is 17.1 Å². The zero-order valence-electron chi connectivity index (χ0n) is 8.76. The second-order valence-electron chi connectivity index (χ2n) is 3.55.